The first-order valence-electron chi connectivity index (χ1n) is 8.72. The van der Waals surface area contributed by atoms with Gasteiger partial charge >= 0.3 is 0 Å². The number of aromatic nitrogens is 1. The second-order valence-corrected chi connectivity index (χ2v) is 7.37. The molecular formula is C17H28N4O3S. The summed E-state index contributed by atoms with van der Waals surface area (Å²) in [5.41, 5.74) is 0. The maximum absolute atomic E-state index is 12.4. The monoisotopic (exact) mass is 368 g/mol. The molecule has 0 spiro atoms. The van der Waals surface area contributed by atoms with E-state index in [9.17, 15) is 9.59 Å². The molecular weight excluding hydrogens is 340 g/mol. The van der Waals surface area contributed by atoms with Gasteiger partial charge in [-0.05, 0) is 12.8 Å². The van der Waals surface area contributed by atoms with Gasteiger partial charge in [0.25, 0.3) is 0 Å². The van der Waals surface area contributed by atoms with Crippen molar-refractivity contribution in [1.82, 2.24) is 20.5 Å². The van der Waals surface area contributed by atoms with Gasteiger partial charge in [-0.25, -0.2) is 4.98 Å². The van der Waals surface area contributed by atoms with Gasteiger partial charge in [-0.15, -0.1) is 11.3 Å². The van der Waals surface area contributed by atoms with E-state index in [0.717, 1.165) is 24.3 Å². The largest absolute Gasteiger partial charge is 0.383 e. The molecule has 1 aliphatic rings. The summed E-state index contributed by atoms with van der Waals surface area (Å²) >= 11 is 1.62. The lowest BCUT2D eigenvalue weighted by Crippen LogP contribution is -2.42. The van der Waals surface area contributed by atoms with Crippen LogP contribution >= 0.6 is 11.3 Å². The second-order valence-electron chi connectivity index (χ2n) is 6.39. The van der Waals surface area contributed by atoms with Crippen molar-refractivity contribution in [3.8, 4) is 0 Å². The number of ether oxygens (including phenoxy) is 1. The number of nitrogens with one attached hydrogen (secondary N) is 2. The zero-order chi connectivity index (χ0) is 18.1. The van der Waals surface area contributed by atoms with Gasteiger partial charge in [-0.3, -0.25) is 9.59 Å². The van der Waals surface area contributed by atoms with E-state index in [2.05, 4.69) is 15.6 Å². The maximum Gasteiger partial charge on any atom is 0.223 e. The number of likely N-dealkylation sites (N-methyl/N-ethyl adjacent to an activating group) is 1. The first-order chi connectivity index (χ1) is 12.1. The zero-order valence-electron chi connectivity index (χ0n) is 15.0. The van der Waals surface area contributed by atoms with E-state index >= 15 is 0 Å². The van der Waals surface area contributed by atoms with Crippen molar-refractivity contribution in [2.75, 3.05) is 33.9 Å². The zero-order valence-corrected chi connectivity index (χ0v) is 15.8. The average Bonchev–Trinajstić information content (AvgIpc) is 3.12. The van der Waals surface area contributed by atoms with Crippen molar-refractivity contribution in [2.45, 2.75) is 38.3 Å². The fraction of sp³-hybridized carbons (Fsp3) is 0.706. The number of carbonyl (C=O) groups is 2. The van der Waals surface area contributed by atoms with Crippen molar-refractivity contribution >= 4 is 23.2 Å². The van der Waals surface area contributed by atoms with Crippen LogP contribution in [0.15, 0.2) is 11.6 Å². The van der Waals surface area contributed by atoms with Crippen LogP contribution in [-0.2, 0) is 20.9 Å². The third-order valence-electron chi connectivity index (χ3n) is 4.45. The van der Waals surface area contributed by atoms with E-state index in [1.54, 1.807) is 29.5 Å². The van der Waals surface area contributed by atoms with E-state index in [1.165, 1.54) is 0 Å². The number of hydrogen-bond donors (Lipinski definition) is 2. The number of amides is 2. The Bertz CT molecular complexity index is 538. The molecule has 1 aliphatic heterocycles. The Balaban J connectivity index is 1.88. The molecule has 2 amide bonds. The number of carbonyl (C=O) groups excluding carboxylic acids is 2. The molecule has 0 bridgehead atoms. The van der Waals surface area contributed by atoms with Crippen LogP contribution in [0.1, 0.15) is 30.7 Å². The highest BCUT2D eigenvalue weighted by Gasteiger charge is 2.26. The molecule has 0 saturated carbocycles. The summed E-state index contributed by atoms with van der Waals surface area (Å²) in [4.78, 5) is 30.7. The first-order valence-corrected chi connectivity index (χ1v) is 9.60. The SMILES string of the molecule is COCCNC(=O)C1CCCC(NCc2nccs2)CN(C)C(=O)C1. The highest BCUT2D eigenvalue weighted by atomic mass is 32.1. The van der Waals surface area contributed by atoms with E-state index in [0.29, 0.717) is 26.2 Å². The molecule has 2 unspecified atom stereocenters. The van der Waals surface area contributed by atoms with Crippen LogP contribution in [0.3, 0.4) is 0 Å². The molecule has 1 saturated heterocycles. The van der Waals surface area contributed by atoms with Gasteiger partial charge in [0.2, 0.25) is 11.8 Å². The molecule has 1 aromatic rings. The lowest BCUT2D eigenvalue weighted by Gasteiger charge is -2.24. The number of methoxy groups -OCH3 is 1. The normalized spacial score (nSPS) is 22.2. The van der Waals surface area contributed by atoms with Gasteiger partial charge < -0.3 is 20.3 Å². The van der Waals surface area contributed by atoms with Crippen LogP contribution in [-0.4, -0.2) is 61.6 Å². The van der Waals surface area contributed by atoms with Crippen LogP contribution in [0.2, 0.25) is 0 Å². The second kappa shape index (κ2) is 10.5. The van der Waals surface area contributed by atoms with Gasteiger partial charge in [-0.2, -0.15) is 0 Å². The van der Waals surface area contributed by atoms with Crippen LogP contribution in [0.4, 0.5) is 0 Å². The van der Waals surface area contributed by atoms with E-state index in [4.69, 9.17) is 4.74 Å². The molecule has 1 fully saturated rings. The Morgan fingerprint density at radius 1 is 1.48 bits per heavy atom. The first kappa shape index (κ1) is 19.8. The number of rotatable bonds is 7. The highest BCUT2D eigenvalue weighted by Crippen LogP contribution is 2.19. The van der Waals surface area contributed by atoms with Crippen LogP contribution in [0, 0.1) is 5.92 Å². The summed E-state index contributed by atoms with van der Waals surface area (Å²) in [6.45, 7) is 2.33. The Morgan fingerprint density at radius 2 is 2.32 bits per heavy atom. The van der Waals surface area contributed by atoms with Gasteiger partial charge in [-0.1, -0.05) is 6.42 Å². The summed E-state index contributed by atoms with van der Waals surface area (Å²) < 4.78 is 4.95. The molecule has 2 N–H and O–H groups in total. The molecule has 0 radical (unpaired) electrons. The van der Waals surface area contributed by atoms with Crippen molar-refractivity contribution in [3.63, 3.8) is 0 Å². The lowest BCUT2D eigenvalue weighted by atomic mass is 9.96. The number of nitrogens with zero attached hydrogens (tertiary/aromatic N) is 2. The minimum atomic E-state index is -0.260. The van der Waals surface area contributed by atoms with E-state index in [1.807, 2.05) is 12.4 Å². The Labute approximate surface area is 153 Å². The molecule has 2 atom stereocenters. The molecule has 0 aliphatic carbocycles. The van der Waals surface area contributed by atoms with E-state index < -0.39 is 0 Å². The molecule has 1 aromatic heterocycles. The minimum Gasteiger partial charge on any atom is -0.383 e. The number of thiazole rings is 1. The molecule has 25 heavy (non-hydrogen) atoms. The van der Waals surface area contributed by atoms with Gasteiger partial charge in [0, 0.05) is 63.7 Å². The molecule has 7 nitrogen and oxygen atoms in total. The smallest absolute Gasteiger partial charge is 0.223 e. The Hall–Kier alpha value is -1.51. The predicted molar refractivity (Wildman–Crippen MR) is 97.2 cm³/mol. The standard InChI is InChI=1S/C17H28N4O3S/c1-21-12-14(20-11-15-18-7-9-25-15)5-3-4-13(10-16(21)22)17(23)19-6-8-24-2/h7,9,13-14,20H,3-6,8,10-12H2,1-2H3,(H,19,23). The summed E-state index contributed by atoms with van der Waals surface area (Å²) in [6, 6.07) is 0.216. The van der Waals surface area contributed by atoms with E-state index in [-0.39, 0.29) is 30.2 Å². The molecule has 2 heterocycles. The molecule has 8 heteroatoms. The number of hydrogen-bond acceptors (Lipinski definition) is 6. The average molecular weight is 369 g/mol. The van der Waals surface area contributed by atoms with Crippen LogP contribution in [0.25, 0.3) is 0 Å². The topological polar surface area (TPSA) is 83.6 Å². The summed E-state index contributed by atoms with van der Waals surface area (Å²) in [5, 5.41) is 9.35. The Kier molecular flexibility index (Phi) is 8.30. The summed E-state index contributed by atoms with van der Waals surface area (Å²) in [6.07, 6.45) is 4.65. The van der Waals surface area contributed by atoms with Crippen LogP contribution in [0.5, 0.6) is 0 Å². The van der Waals surface area contributed by atoms with Crippen molar-refractivity contribution in [2.24, 2.45) is 5.92 Å². The summed E-state index contributed by atoms with van der Waals surface area (Å²) in [7, 11) is 3.41. The van der Waals surface area contributed by atoms with Gasteiger partial charge in [0.05, 0.1) is 6.61 Å². The van der Waals surface area contributed by atoms with Crippen molar-refractivity contribution < 1.29 is 14.3 Å². The third kappa shape index (κ3) is 6.72. The minimum absolute atomic E-state index is 0.0230. The third-order valence-corrected chi connectivity index (χ3v) is 5.23. The van der Waals surface area contributed by atoms with Crippen molar-refractivity contribution in [1.29, 1.82) is 0 Å². The fourth-order valence-electron chi connectivity index (χ4n) is 2.99. The van der Waals surface area contributed by atoms with Gasteiger partial charge in [0.15, 0.2) is 0 Å². The predicted octanol–water partition coefficient (Wildman–Crippen LogP) is 1.01. The molecule has 140 valence electrons. The maximum atomic E-state index is 12.4. The molecule has 2 rings (SSSR count). The van der Waals surface area contributed by atoms with Crippen LogP contribution < -0.4 is 10.6 Å². The quantitative estimate of drug-likeness (QED) is 0.702. The lowest BCUT2D eigenvalue weighted by molar-refractivity contribution is -0.135. The van der Waals surface area contributed by atoms with Crippen molar-refractivity contribution in [3.05, 3.63) is 16.6 Å². The van der Waals surface area contributed by atoms with Gasteiger partial charge in [0.1, 0.15) is 5.01 Å². The Morgan fingerprint density at radius 3 is 3.04 bits per heavy atom. The fourth-order valence-corrected chi connectivity index (χ4v) is 3.55. The molecule has 0 aromatic carbocycles. The highest BCUT2D eigenvalue weighted by molar-refractivity contribution is 7.09. The summed E-state index contributed by atoms with van der Waals surface area (Å²) in [5.74, 6) is -0.285.